The molecule has 0 spiro atoms. The molecule has 1 aromatic rings. The lowest BCUT2D eigenvalue weighted by atomic mass is 9.92. The Morgan fingerprint density at radius 1 is 1.50 bits per heavy atom. The number of carbonyl (C=O) groups is 1. The second-order valence-electron chi connectivity index (χ2n) is 5.98. The van der Waals surface area contributed by atoms with Gasteiger partial charge in [-0.2, -0.15) is 0 Å². The van der Waals surface area contributed by atoms with Crippen molar-refractivity contribution in [2.24, 2.45) is 11.7 Å². The fraction of sp³-hybridized carbons (Fsp3) is 0.588. The zero-order valence-electron chi connectivity index (χ0n) is 13.1. The average molecular weight is 308 g/mol. The molecule has 0 aromatic heterocycles. The van der Waals surface area contributed by atoms with E-state index < -0.39 is 0 Å². The molecule has 4 nitrogen and oxygen atoms in total. The number of hydrogen-bond acceptors (Lipinski definition) is 3. The van der Waals surface area contributed by atoms with Crippen LogP contribution in [0.5, 0.6) is 5.75 Å². The van der Waals surface area contributed by atoms with Crippen LogP contribution in [0.15, 0.2) is 24.3 Å². The zero-order chi connectivity index (χ0) is 15.9. The lowest BCUT2D eigenvalue weighted by molar-refractivity contribution is -0.133. The standard InChI is InChI=1S/C17H25FN2O2/c1-13(19)14-6-4-10-20(12-14)17(21)9-5-11-22-16-8-3-2-7-15(16)18/h2-3,7-8,13-14H,4-6,9-12,19H2,1H3/t13-,14+/m1/s1. The minimum Gasteiger partial charge on any atom is -0.491 e. The summed E-state index contributed by atoms with van der Waals surface area (Å²) >= 11 is 0. The largest absolute Gasteiger partial charge is 0.491 e. The first-order valence-corrected chi connectivity index (χ1v) is 7.98. The molecular formula is C17H25FN2O2. The highest BCUT2D eigenvalue weighted by Crippen LogP contribution is 2.20. The molecule has 0 bridgehead atoms. The predicted octanol–water partition coefficient (Wildman–Crippen LogP) is 2.57. The van der Waals surface area contributed by atoms with E-state index in [9.17, 15) is 9.18 Å². The van der Waals surface area contributed by atoms with Crippen LogP contribution in [0.3, 0.4) is 0 Å². The Bertz CT molecular complexity index is 493. The van der Waals surface area contributed by atoms with Crippen molar-refractivity contribution in [3.8, 4) is 5.75 Å². The summed E-state index contributed by atoms with van der Waals surface area (Å²) in [4.78, 5) is 14.1. The molecule has 122 valence electrons. The average Bonchev–Trinajstić information content (AvgIpc) is 2.53. The van der Waals surface area contributed by atoms with Crippen molar-refractivity contribution in [1.29, 1.82) is 0 Å². The molecule has 0 unspecified atom stereocenters. The molecule has 1 heterocycles. The Balaban J connectivity index is 1.70. The third kappa shape index (κ3) is 4.70. The monoisotopic (exact) mass is 308 g/mol. The number of rotatable bonds is 6. The van der Waals surface area contributed by atoms with Gasteiger partial charge in [-0.05, 0) is 44.2 Å². The highest BCUT2D eigenvalue weighted by molar-refractivity contribution is 5.76. The topological polar surface area (TPSA) is 55.6 Å². The van der Waals surface area contributed by atoms with Crippen molar-refractivity contribution >= 4 is 5.91 Å². The van der Waals surface area contributed by atoms with Gasteiger partial charge in [-0.1, -0.05) is 12.1 Å². The highest BCUT2D eigenvalue weighted by Gasteiger charge is 2.25. The summed E-state index contributed by atoms with van der Waals surface area (Å²) in [5.41, 5.74) is 5.94. The molecule has 2 rings (SSSR count). The van der Waals surface area contributed by atoms with Gasteiger partial charge in [-0.25, -0.2) is 4.39 Å². The highest BCUT2D eigenvalue weighted by atomic mass is 19.1. The van der Waals surface area contributed by atoms with Gasteiger partial charge in [0.2, 0.25) is 5.91 Å². The molecule has 22 heavy (non-hydrogen) atoms. The van der Waals surface area contributed by atoms with Gasteiger partial charge < -0.3 is 15.4 Å². The van der Waals surface area contributed by atoms with Gasteiger partial charge in [0.05, 0.1) is 6.61 Å². The SMILES string of the molecule is C[C@@H](N)[C@H]1CCCN(C(=O)CCCOc2ccccc2F)C1. The van der Waals surface area contributed by atoms with Gasteiger partial charge in [0.1, 0.15) is 0 Å². The van der Waals surface area contributed by atoms with Crippen molar-refractivity contribution in [2.45, 2.75) is 38.6 Å². The summed E-state index contributed by atoms with van der Waals surface area (Å²) in [6, 6.07) is 6.43. The van der Waals surface area contributed by atoms with Gasteiger partial charge in [0.25, 0.3) is 0 Å². The van der Waals surface area contributed by atoms with Crippen LogP contribution in [0.2, 0.25) is 0 Å². The number of ether oxygens (including phenoxy) is 1. The number of nitrogens with zero attached hydrogens (tertiary/aromatic N) is 1. The number of hydrogen-bond donors (Lipinski definition) is 1. The number of likely N-dealkylation sites (tertiary alicyclic amines) is 1. The fourth-order valence-corrected chi connectivity index (χ4v) is 2.79. The van der Waals surface area contributed by atoms with Crippen molar-refractivity contribution in [3.05, 3.63) is 30.1 Å². The van der Waals surface area contributed by atoms with Crippen LogP contribution in [-0.4, -0.2) is 36.5 Å². The van der Waals surface area contributed by atoms with Crippen LogP contribution in [0.4, 0.5) is 4.39 Å². The molecule has 1 aliphatic heterocycles. The zero-order valence-corrected chi connectivity index (χ0v) is 13.1. The second kappa shape index (κ2) is 8.13. The minimum atomic E-state index is -0.371. The summed E-state index contributed by atoms with van der Waals surface area (Å²) in [7, 11) is 0. The maximum Gasteiger partial charge on any atom is 0.222 e. The van der Waals surface area contributed by atoms with E-state index in [1.165, 1.54) is 6.07 Å². The maximum absolute atomic E-state index is 13.4. The van der Waals surface area contributed by atoms with Gasteiger partial charge in [-0.3, -0.25) is 4.79 Å². The first-order chi connectivity index (χ1) is 10.6. The summed E-state index contributed by atoms with van der Waals surface area (Å²) in [6.07, 6.45) is 3.13. The first-order valence-electron chi connectivity index (χ1n) is 7.98. The van der Waals surface area contributed by atoms with Gasteiger partial charge in [0, 0.05) is 25.6 Å². The Kier molecular flexibility index (Phi) is 6.19. The third-order valence-electron chi connectivity index (χ3n) is 4.18. The predicted molar refractivity (Wildman–Crippen MR) is 84.1 cm³/mol. The van der Waals surface area contributed by atoms with Crippen LogP contribution in [0.1, 0.15) is 32.6 Å². The van der Waals surface area contributed by atoms with Crippen LogP contribution < -0.4 is 10.5 Å². The molecular weight excluding hydrogens is 283 g/mol. The number of para-hydroxylation sites is 1. The molecule has 5 heteroatoms. The normalized spacial score (nSPS) is 19.8. The molecule has 1 amide bonds. The second-order valence-corrected chi connectivity index (χ2v) is 5.98. The van der Waals surface area contributed by atoms with Crippen molar-refractivity contribution in [1.82, 2.24) is 4.90 Å². The molecule has 1 aromatic carbocycles. The number of amides is 1. The van der Waals surface area contributed by atoms with E-state index in [1.807, 2.05) is 11.8 Å². The number of benzene rings is 1. The van der Waals surface area contributed by atoms with Crippen LogP contribution in [0, 0.1) is 11.7 Å². The lowest BCUT2D eigenvalue weighted by Crippen LogP contribution is -2.45. The summed E-state index contributed by atoms with van der Waals surface area (Å²) < 4.78 is 18.7. The molecule has 0 aliphatic carbocycles. The summed E-state index contributed by atoms with van der Waals surface area (Å²) in [5.74, 6) is 0.407. The van der Waals surface area contributed by atoms with Gasteiger partial charge in [-0.15, -0.1) is 0 Å². The number of halogens is 1. The van der Waals surface area contributed by atoms with Crippen molar-refractivity contribution < 1.29 is 13.9 Å². The van der Waals surface area contributed by atoms with E-state index in [4.69, 9.17) is 10.5 Å². The minimum absolute atomic E-state index is 0.125. The Labute approximate surface area is 131 Å². The molecule has 1 saturated heterocycles. The number of carbonyl (C=O) groups excluding carboxylic acids is 1. The molecule has 1 fully saturated rings. The molecule has 2 atom stereocenters. The summed E-state index contributed by atoms with van der Waals surface area (Å²) in [5, 5.41) is 0. The van der Waals surface area contributed by atoms with Crippen molar-refractivity contribution in [3.63, 3.8) is 0 Å². The Morgan fingerprint density at radius 2 is 2.27 bits per heavy atom. The van der Waals surface area contributed by atoms with E-state index in [0.717, 1.165) is 25.9 Å². The number of piperidine rings is 1. The first kappa shape index (κ1) is 16.7. The van der Waals surface area contributed by atoms with Crippen LogP contribution >= 0.6 is 0 Å². The van der Waals surface area contributed by atoms with Gasteiger partial charge >= 0.3 is 0 Å². The smallest absolute Gasteiger partial charge is 0.222 e. The quantitative estimate of drug-likeness (QED) is 0.822. The molecule has 0 saturated carbocycles. The maximum atomic E-state index is 13.4. The van der Waals surface area contributed by atoms with Crippen molar-refractivity contribution in [2.75, 3.05) is 19.7 Å². The molecule has 1 aliphatic rings. The van der Waals surface area contributed by atoms with E-state index in [-0.39, 0.29) is 23.5 Å². The van der Waals surface area contributed by atoms with E-state index in [0.29, 0.717) is 25.4 Å². The Hall–Kier alpha value is -1.62. The number of nitrogens with two attached hydrogens (primary N) is 1. The molecule has 2 N–H and O–H groups in total. The lowest BCUT2D eigenvalue weighted by Gasteiger charge is -2.34. The van der Waals surface area contributed by atoms with E-state index in [1.54, 1.807) is 18.2 Å². The third-order valence-corrected chi connectivity index (χ3v) is 4.18. The van der Waals surface area contributed by atoms with E-state index in [2.05, 4.69) is 0 Å². The molecule has 0 radical (unpaired) electrons. The fourth-order valence-electron chi connectivity index (χ4n) is 2.79. The van der Waals surface area contributed by atoms with Crippen LogP contribution in [0.25, 0.3) is 0 Å². The van der Waals surface area contributed by atoms with E-state index >= 15 is 0 Å². The van der Waals surface area contributed by atoms with Crippen LogP contribution in [-0.2, 0) is 4.79 Å². The Morgan fingerprint density at radius 3 is 3.00 bits per heavy atom. The summed E-state index contributed by atoms with van der Waals surface area (Å²) in [6.45, 7) is 3.92. The van der Waals surface area contributed by atoms with Gasteiger partial charge in [0.15, 0.2) is 11.6 Å².